The Morgan fingerprint density at radius 3 is 1.29 bits per heavy atom. The number of benzene rings is 1. The SMILES string of the molecule is CC1(C)COP(=O)(CNc2ccc(NCP3(=O)OCC(C)(C)CO3)cc2)OC1. The highest BCUT2D eigenvalue weighted by atomic mass is 31.2. The Hall–Kier alpha value is -0.880. The van der Waals surface area contributed by atoms with Crippen LogP contribution < -0.4 is 10.6 Å². The molecule has 0 unspecified atom stereocenters. The van der Waals surface area contributed by atoms with Gasteiger partial charge < -0.3 is 28.7 Å². The molecule has 0 aromatic heterocycles. The topological polar surface area (TPSA) is 95.1 Å². The summed E-state index contributed by atoms with van der Waals surface area (Å²) in [5.41, 5.74) is 1.34. The zero-order valence-corrected chi connectivity index (χ0v) is 18.7. The molecular formula is C18H30N2O6P2. The third kappa shape index (κ3) is 6.06. The summed E-state index contributed by atoms with van der Waals surface area (Å²) in [5.74, 6) is 0. The van der Waals surface area contributed by atoms with E-state index in [2.05, 4.69) is 10.6 Å². The van der Waals surface area contributed by atoms with Crippen LogP contribution in [0.1, 0.15) is 27.7 Å². The molecule has 2 aliphatic heterocycles. The van der Waals surface area contributed by atoms with E-state index in [4.69, 9.17) is 18.1 Å². The van der Waals surface area contributed by atoms with E-state index in [1.165, 1.54) is 0 Å². The van der Waals surface area contributed by atoms with Crippen molar-refractivity contribution in [2.45, 2.75) is 27.7 Å². The molecular weight excluding hydrogens is 402 g/mol. The first-order valence-corrected chi connectivity index (χ1v) is 12.8. The molecule has 0 bridgehead atoms. The summed E-state index contributed by atoms with van der Waals surface area (Å²) in [7, 11) is -6.24. The highest BCUT2D eigenvalue weighted by Crippen LogP contribution is 2.54. The molecule has 1 aromatic rings. The van der Waals surface area contributed by atoms with Gasteiger partial charge in [0, 0.05) is 22.2 Å². The molecule has 0 spiro atoms. The number of nitrogens with one attached hydrogen (secondary N) is 2. The van der Waals surface area contributed by atoms with Crippen molar-refractivity contribution in [3.05, 3.63) is 24.3 Å². The maximum atomic E-state index is 12.5. The van der Waals surface area contributed by atoms with Gasteiger partial charge in [0.15, 0.2) is 0 Å². The molecule has 0 atom stereocenters. The van der Waals surface area contributed by atoms with Gasteiger partial charge in [-0.2, -0.15) is 0 Å². The maximum absolute atomic E-state index is 12.5. The lowest BCUT2D eigenvalue weighted by Crippen LogP contribution is -2.30. The first kappa shape index (κ1) is 21.8. The summed E-state index contributed by atoms with van der Waals surface area (Å²) in [4.78, 5) is 0. The van der Waals surface area contributed by atoms with E-state index >= 15 is 0 Å². The highest BCUT2D eigenvalue weighted by molar-refractivity contribution is 7.54. The molecule has 10 heteroatoms. The molecule has 0 amide bonds. The van der Waals surface area contributed by atoms with Gasteiger partial charge in [-0.3, -0.25) is 9.13 Å². The first-order chi connectivity index (χ1) is 13.0. The number of hydrogen-bond acceptors (Lipinski definition) is 8. The molecule has 158 valence electrons. The van der Waals surface area contributed by atoms with Gasteiger partial charge in [-0.25, -0.2) is 0 Å². The van der Waals surface area contributed by atoms with Crippen LogP contribution in [-0.4, -0.2) is 39.0 Å². The lowest BCUT2D eigenvalue weighted by Gasteiger charge is -2.34. The van der Waals surface area contributed by atoms with Crippen LogP contribution in [0.5, 0.6) is 0 Å². The molecule has 2 heterocycles. The summed E-state index contributed by atoms with van der Waals surface area (Å²) in [5, 5.41) is 6.17. The van der Waals surface area contributed by atoms with Crippen LogP contribution in [-0.2, 0) is 27.2 Å². The fourth-order valence-corrected chi connectivity index (χ4v) is 5.97. The Morgan fingerprint density at radius 2 is 1.00 bits per heavy atom. The van der Waals surface area contributed by atoms with Crippen LogP contribution in [0, 0.1) is 10.8 Å². The van der Waals surface area contributed by atoms with Crippen LogP contribution in [0.2, 0.25) is 0 Å². The largest absolute Gasteiger partial charge is 0.374 e. The van der Waals surface area contributed by atoms with Crippen molar-refractivity contribution >= 4 is 26.6 Å². The van der Waals surface area contributed by atoms with E-state index in [1.54, 1.807) is 0 Å². The zero-order chi connectivity index (χ0) is 20.5. The van der Waals surface area contributed by atoms with Gasteiger partial charge in [0.1, 0.15) is 12.6 Å². The molecule has 28 heavy (non-hydrogen) atoms. The van der Waals surface area contributed by atoms with E-state index in [0.29, 0.717) is 26.4 Å². The predicted octanol–water partition coefficient (Wildman–Crippen LogP) is 4.96. The Morgan fingerprint density at radius 1 is 0.714 bits per heavy atom. The monoisotopic (exact) mass is 432 g/mol. The quantitative estimate of drug-likeness (QED) is 0.610. The lowest BCUT2D eigenvalue weighted by molar-refractivity contribution is 0.0420. The van der Waals surface area contributed by atoms with Crippen molar-refractivity contribution in [1.82, 2.24) is 0 Å². The average Bonchev–Trinajstić information content (AvgIpc) is 2.65. The van der Waals surface area contributed by atoms with Crippen molar-refractivity contribution in [1.29, 1.82) is 0 Å². The summed E-state index contributed by atoms with van der Waals surface area (Å²) >= 11 is 0. The van der Waals surface area contributed by atoms with Gasteiger partial charge in [0.25, 0.3) is 0 Å². The minimum atomic E-state index is -3.12. The van der Waals surface area contributed by atoms with Gasteiger partial charge in [0.2, 0.25) is 0 Å². The minimum Gasteiger partial charge on any atom is -0.374 e. The van der Waals surface area contributed by atoms with Gasteiger partial charge in [-0.15, -0.1) is 0 Å². The molecule has 0 saturated carbocycles. The van der Waals surface area contributed by atoms with Crippen LogP contribution in [0.3, 0.4) is 0 Å². The summed E-state index contributed by atoms with van der Waals surface area (Å²) < 4.78 is 46.9. The smallest absolute Gasteiger partial charge is 0.349 e. The van der Waals surface area contributed by atoms with Crippen molar-refractivity contribution in [3.8, 4) is 0 Å². The van der Waals surface area contributed by atoms with E-state index in [1.807, 2.05) is 52.0 Å². The van der Waals surface area contributed by atoms with Crippen LogP contribution in [0.25, 0.3) is 0 Å². The standard InChI is InChI=1S/C18H30N2O6P2/c1-17(2)9-23-27(21,24-10-17)13-19-15-5-7-16(8-6-15)20-14-28(22)25-11-18(3,4)12-26-28/h5-8,19-20H,9-14H2,1-4H3. The third-order valence-electron chi connectivity index (χ3n) is 4.45. The van der Waals surface area contributed by atoms with Gasteiger partial charge in [-0.1, -0.05) is 27.7 Å². The molecule has 3 rings (SSSR count). The molecule has 1 aromatic carbocycles. The summed E-state index contributed by atoms with van der Waals surface area (Å²) in [6, 6.07) is 7.35. The Kier molecular flexibility index (Phi) is 6.31. The average molecular weight is 432 g/mol. The van der Waals surface area contributed by atoms with Crippen LogP contribution >= 0.6 is 15.2 Å². The number of hydrogen-bond donors (Lipinski definition) is 2. The Balaban J connectivity index is 1.46. The van der Waals surface area contributed by atoms with E-state index in [9.17, 15) is 9.13 Å². The number of anilines is 2. The second-order valence-corrected chi connectivity index (χ2v) is 13.0. The number of rotatable bonds is 6. The molecule has 8 nitrogen and oxygen atoms in total. The van der Waals surface area contributed by atoms with Gasteiger partial charge >= 0.3 is 15.2 Å². The molecule has 0 aliphatic carbocycles. The predicted molar refractivity (Wildman–Crippen MR) is 110 cm³/mol. The fourth-order valence-electron chi connectivity index (χ4n) is 2.51. The summed E-state index contributed by atoms with van der Waals surface area (Å²) in [6.45, 7) is 9.68. The second kappa shape index (κ2) is 8.10. The van der Waals surface area contributed by atoms with Crippen LogP contribution in [0.4, 0.5) is 11.4 Å². The van der Waals surface area contributed by atoms with Crippen molar-refractivity contribution in [2.24, 2.45) is 10.8 Å². The highest BCUT2D eigenvalue weighted by Gasteiger charge is 2.37. The Labute approximate surface area is 166 Å². The van der Waals surface area contributed by atoms with E-state index < -0.39 is 15.2 Å². The van der Waals surface area contributed by atoms with Gasteiger partial charge in [-0.05, 0) is 24.3 Å². The van der Waals surface area contributed by atoms with E-state index in [-0.39, 0.29) is 23.4 Å². The van der Waals surface area contributed by atoms with Crippen molar-refractivity contribution in [3.63, 3.8) is 0 Å². The third-order valence-corrected chi connectivity index (χ3v) is 7.63. The minimum absolute atomic E-state index is 0.114. The molecule has 2 aliphatic rings. The molecule has 2 fully saturated rings. The maximum Gasteiger partial charge on any atom is 0.349 e. The van der Waals surface area contributed by atoms with Crippen molar-refractivity contribution < 1.29 is 27.2 Å². The first-order valence-electron chi connectivity index (χ1n) is 9.33. The van der Waals surface area contributed by atoms with Crippen LogP contribution in [0.15, 0.2) is 24.3 Å². The molecule has 2 saturated heterocycles. The molecule has 2 N–H and O–H groups in total. The van der Waals surface area contributed by atoms with E-state index in [0.717, 1.165) is 11.4 Å². The normalized spacial score (nSPS) is 25.0. The lowest BCUT2D eigenvalue weighted by atomic mass is 9.97. The summed E-state index contributed by atoms with van der Waals surface area (Å²) in [6.07, 6.45) is 0.227. The van der Waals surface area contributed by atoms with Gasteiger partial charge in [0.05, 0.1) is 26.4 Å². The molecule has 0 radical (unpaired) electrons. The fraction of sp³-hybridized carbons (Fsp3) is 0.667. The second-order valence-electron chi connectivity index (χ2n) is 8.89. The van der Waals surface area contributed by atoms with Crippen molar-refractivity contribution in [2.75, 3.05) is 49.6 Å². The Bertz CT molecular complexity index is 688. The zero-order valence-electron chi connectivity index (χ0n) is 16.9.